The Bertz CT molecular complexity index is 1770. The lowest BCUT2D eigenvalue weighted by Crippen LogP contribution is -2.27. The molecule has 0 radical (unpaired) electrons. The molecule has 0 atom stereocenters. The van der Waals surface area contributed by atoms with Crippen molar-refractivity contribution in [3.05, 3.63) is 136 Å². The number of halogens is 2. The summed E-state index contributed by atoms with van der Waals surface area (Å²) in [6, 6.07) is 12.0. The first-order chi connectivity index (χ1) is 19.3. The van der Waals surface area contributed by atoms with Gasteiger partial charge in [0.2, 0.25) is 0 Å². The van der Waals surface area contributed by atoms with E-state index in [2.05, 4.69) is 15.6 Å². The Balaban J connectivity index is 1.36. The van der Waals surface area contributed by atoms with E-state index in [0.717, 1.165) is 12.3 Å². The van der Waals surface area contributed by atoms with Crippen LogP contribution in [0.1, 0.15) is 16.1 Å². The van der Waals surface area contributed by atoms with E-state index < -0.39 is 23.1 Å². The third-order valence-corrected chi connectivity index (χ3v) is 5.89. The number of carbonyl (C=O) groups is 1. The summed E-state index contributed by atoms with van der Waals surface area (Å²) in [5, 5.41) is 13.0. The lowest BCUT2D eigenvalue weighted by Gasteiger charge is -2.19. The van der Waals surface area contributed by atoms with Gasteiger partial charge in [-0.2, -0.15) is 0 Å². The van der Waals surface area contributed by atoms with Crippen LogP contribution in [0.25, 0.3) is 11.3 Å². The van der Waals surface area contributed by atoms with Crippen LogP contribution in [-0.2, 0) is 7.05 Å². The highest BCUT2D eigenvalue weighted by atomic mass is 19.1. The van der Waals surface area contributed by atoms with Crippen molar-refractivity contribution in [3.8, 4) is 11.4 Å². The number of amides is 1. The smallest absolute Gasteiger partial charge is 0.267 e. The first kappa shape index (κ1) is 26.0. The number of aromatic nitrogens is 3. The average Bonchev–Trinajstić information content (AvgIpc) is 3.38. The van der Waals surface area contributed by atoms with Gasteiger partial charge in [0.1, 0.15) is 11.4 Å². The summed E-state index contributed by atoms with van der Waals surface area (Å²) in [6.45, 7) is 0. The number of allylic oxidation sites excluding steroid dienone is 3. The molecule has 2 aromatic carbocycles. The van der Waals surface area contributed by atoms with E-state index >= 15 is 4.39 Å². The first-order valence-corrected chi connectivity index (χ1v) is 12.0. The lowest BCUT2D eigenvalue weighted by atomic mass is 10.1. The molecule has 1 aliphatic heterocycles. The zero-order chi connectivity index (χ0) is 28.2. The summed E-state index contributed by atoms with van der Waals surface area (Å²) < 4.78 is 37.2. The number of anilines is 1. The summed E-state index contributed by atoms with van der Waals surface area (Å²) in [7, 11) is 1.84. The molecule has 3 N–H and O–H groups in total. The molecule has 0 bridgehead atoms. The van der Waals surface area contributed by atoms with Crippen LogP contribution in [0.3, 0.4) is 0 Å². The largest absolute Gasteiger partial charge is 0.452 e. The molecule has 0 fully saturated rings. The van der Waals surface area contributed by atoms with Gasteiger partial charge >= 0.3 is 0 Å². The molecule has 2 aromatic heterocycles. The number of hydrogen-bond donors (Lipinski definition) is 3. The van der Waals surface area contributed by atoms with Crippen LogP contribution in [0.15, 0.2) is 108 Å². The Hall–Kier alpha value is -5.58. The Morgan fingerprint density at radius 1 is 1.15 bits per heavy atom. The predicted molar refractivity (Wildman–Crippen MR) is 146 cm³/mol. The summed E-state index contributed by atoms with van der Waals surface area (Å²) >= 11 is 0. The highest BCUT2D eigenvalue weighted by Gasteiger charge is 2.18. The maximum Gasteiger partial charge on any atom is 0.267 e. The molecule has 0 unspecified atom stereocenters. The van der Waals surface area contributed by atoms with E-state index in [1.165, 1.54) is 65.4 Å². The number of dihydropyridines is 1. The molecule has 0 saturated carbocycles. The number of aryl methyl sites for hydroxylation is 1. The molecule has 5 rings (SSSR count). The molecule has 1 amide bonds. The van der Waals surface area contributed by atoms with Crippen LogP contribution in [0.4, 0.5) is 14.5 Å². The van der Waals surface area contributed by atoms with Crippen molar-refractivity contribution in [2.75, 3.05) is 5.32 Å². The van der Waals surface area contributed by atoms with Gasteiger partial charge in [0.15, 0.2) is 17.3 Å². The van der Waals surface area contributed by atoms with Crippen molar-refractivity contribution in [3.63, 3.8) is 0 Å². The molecular formula is C29H22F2N6O3. The SMILES string of the molecule is Cn1cnc(C2=CN/C(=C\C=N)C(Oc3ccc(NC(=O)c4cccn(-c5ccc(F)cc5)c4=O)cc3F)=C2)c1. The summed E-state index contributed by atoms with van der Waals surface area (Å²) in [6.07, 6.45) is 10.8. The van der Waals surface area contributed by atoms with Crippen molar-refractivity contribution in [1.82, 2.24) is 19.4 Å². The summed E-state index contributed by atoms with van der Waals surface area (Å²) in [5.74, 6) is -1.83. The van der Waals surface area contributed by atoms with Crippen LogP contribution < -0.4 is 20.9 Å². The van der Waals surface area contributed by atoms with Crippen LogP contribution in [0, 0.1) is 17.0 Å². The van der Waals surface area contributed by atoms with Crippen molar-refractivity contribution in [2.45, 2.75) is 0 Å². The number of hydrogen-bond acceptors (Lipinski definition) is 6. The minimum absolute atomic E-state index is 0.103. The van der Waals surface area contributed by atoms with Crippen molar-refractivity contribution in [2.24, 2.45) is 7.05 Å². The van der Waals surface area contributed by atoms with Crippen molar-refractivity contribution >= 4 is 23.4 Å². The molecule has 9 nitrogen and oxygen atoms in total. The summed E-state index contributed by atoms with van der Waals surface area (Å²) in [4.78, 5) is 30.1. The van der Waals surface area contributed by atoms with Crippen LogP contribution in [0.5, 0.6) is 5.75 Å². The zero-order valence-corrected chi connectivity index (χ0v) is 21.1. The summed E-state index contributed by atoms with van der Waals surface area (Å²) in [5.41, 5.74) is 1.49. The second-order valence-electron chi connectivity index (χ2n) is 8.70. The fourth-order valence-electron chi connectivity index (χ4n) is 3.95. The Morgan fingerprint density at radius 2 is 1.95 bits per heavy atom. The van der Waals surface area contributed by atoms with Gasteiger partial charge in [-0.05, 0) is 60.7 Å². The van der Waals surface area contributed by atoms with Gasteiger partial charge in [-0.25, -0.2) is 13.8 Å². The van der Waals surface area contributed by atoms with E-state index in [-0.39, 0.29) is 22.8 Å². The normalized spacial score (nSPS) is 13.7. The highest BCUT2D eigenvalue weighted by Crippen LogP contribution is 2.28. The van der Waals surface area contributed by atoms with Gasteiger partial charge in [0.05, 0.1) is 17.7 Å². The molecule has 1 aliphatic rings. The van der Waals surface area contributed by atoms with Crippen LogP contribution in [0.2, 0.25) is 0 Å². The number of rotatable bonds is 7. The fourth-order valence-corrected chi connectivity index (χ4v) is 3.95. The predicted octanol–water partition coefficient (Wildman–Crippen LogP) is 4.54. The molecule has 11 heteroatoms. The van der Waals surface area contributed by atoms with Gasteiger partial charge in [-0.1, -0.05) is 0 Å². The molecule has 0 aliphatic carbocycles. The Morgan fingerprint density at radius 3 is 2.65 bits per heavy atom. The lowest BCUT2D eigenvalue weighted by molar-refractivity contribution is 0.102. The quantitative estimate of drug-likeness (QED) is 0.298. The maximum atomic E-state index is 15.1. The van der Waals surface area contributed by atoms with E-state index in [1.807, 2.05) is 13.2 Å². The highest BCUT2D eigenvalue weighted by molar-refractivity contribution is 6.04. The van der Waals surface area contributed by atoms with Gasteiger partial charge in [0, 0.05) is 54.9 Å². The van der Waals surface area contributed by atoms with E-state index in [4.69, 9.17) is 10.1 Å². The van der Waals surface area contributed by atoms with Crippen LogP contribution >= 0.6 is 0 Å². The standard InChI is InChI=1S/C29H22F2N6O3/c1-36-16-25(34-17-36)18-13-27(24(10-11-32)33-15-18)40-26-9-6-20(14-23(26)31)35-28(38)22-3-2-12-37(29(22)39)21-7-4-19(30)5-8-21/h2-17,32-33H,1H3,(H,35,38)/b24-10-,32-11?. The number of benzene rings is 2. The molecular weight excluding hydrogens is 518 g/mol. The van der Waals surface area contributed by atoms with Gasteiger partial charge < -0.3 is 25.3 Å². The zero-order valence-electron chi connectivity index (χ0n) is 21.1. The second-order valence-corrected chi connectivity index (χ2v) is 8.70. The topological polar surface area (TPSA) is 114 Å². The van der Waals surface area contributed by atoms with Crippen LogP contribution in [-0.4, -0.2) is 26.2 Å². The maximum absolute atomic E-state index is 15.1. The molecule has 200 valence electrons. The minimum Gasteiger partial charge on any atom is -0.452 e. The second kappa shape index (κ2) is 11.0. The van der Waals surface area contributed by atoms with Gasteiger partial charge in [-0.15, -0.1) is 0 Å². The third-order valence-electron chi connectivity index (χ3n) is 5.89. The number of pyridine rings is 1. The van der Waals surface area contributed by atoms with Crippen molar-refractivity contribution in [1.29, 1.82) is 5.41 Å². The number of imidazole rings is 1. The van der Waals surface area contributed by atoms with E-state index in [0.29, 0.717) is 22.7 Å². The minimum atomic E-state index is -0.765. The first-order valence-electron chi connectivity index (χ1n) is 12.0. The van der Waals surface area contributed by atoms with Crippen molar-refractivity contribution < 1.29 is 18.3 Å². The number of ether oxygens (including phenoxy) is 1. The van der Waals surface area contributed by atoms with Gasteiger partial charge in [0.25, 0.3) is 11.5 Å². The molecule has 0 saturated heterocycles. The third kappa shape index (κ3) is 5.48. The molecule has 40 heavy (non-hydrogen) atoms. The number of nitrogens with zero attached hydrogens (tertiary/aromatic N) is 3. The monoisotopic (exact) mass is 540 g/mol. The van der Waals surface area contributed by atoms with E-state index in [9.17, 15) is 14.0 Å². The average molecular weight is 541 g/mol. The Kier molecular flexibility index (Phi) is 7.18. The van der Waals surface area contributed by atoms with Gasteiger partial charge in [-0.3, -0.25) is 14.2 Å². The number of carbonyl (C=O) groups excluding carboxylic acids is 1. The molecule has 0 spiro atoms. The Labute approximate surface area is 226 Å². The fraction of sp³-hybridized carbons (Fsp3) is 0.0345. The molecule has 4 aromatic rings. The van der Waals surface area contributed by atoms with E-state index in [1.54, 1.807) is 23.2 Å². The number of nitrogens with one attached hydrogen (secondary N) is 3. The molecule has 3 heterocycles.